The Bertz CT molecular complexity index is 233. The third-order valence-corrected chi connectivity index (χ3v) is 3.40. The number of aliphatic hydroxyl groups is 1. The molecule has 0 spiro atoms. The third-order valence-electron chi connectivity index (χ3n) is 3.40. The van der Waals surface area contributed by atoms with Crippen LogP contribution in [-0.2, 0) is 9.53 Å². The van der Waals surface area contributed by atoms with Gasteiger partial charge in [0.2, 0.25) is 5.91 Å². The van der Waals surface area contributed by atoms with Gasteiger partial charge in [-0.3, -0.25) is 4.79 Å². The molecule has 0 saturated carbocycles. The van der Waals surface area contributed by atoms with Crippen LogP contribution in [0.25, 0.3) is 0 Å². The second-order valence-electron chi connectivity index (χ2n) is 4.53. The lowest BCUT2D eigenvalue weighted by Crippen LogP contribution is -2.54. The number of piperidine rings is 1. The van der Waals surface area contributed by atoms with Gasteiger partial charge in [0.1, 0.15) is 6.04 Å². The number of hydrogen-bond donors (Lipinski definition) is 2. The van der Waals surface area contributed by atoms with E-state index >= 15 is 0 Å². The standard InChI is InChI=1S/C11H20N2O3/c14-7-9-1-4-13(5-2-9)11(15)10-8-16-6-3-12-10/h9-10,12,14H,1-8H2. The fourth-order valence-corrected chi connectivity index (χ4v) is 2.28. The molecule has 2 heterocycles. The van der Waals surface area contributed by atoms with Crippen LogP contribution < -0.4 is 5.32 Å². The molecule has 1 amide bonds. The average Bonchev–Trinajstić information content (AvgIpc) is 2.39. The molecule has 2 rings (SSSR count). The second kappa shape index (κ2) is 5.61. The molecule has 2 aliphatic rings. The zero-order chi connectivity index (χ0) is 11.4. The molecule has 5 heteroatoms. The van der Waals surface area contributed by atoms with Gasteiger partial charge in [-0.2, -0.15) is 0 Å². The number of carbonyl (C=O) groups excluding carboxylic acids is 1. The first-order valence-electron chi connectivity index (χ1n) is 6.02. The summed E-state index contributed by atoms with van der Waals surface area (Å²) in [5.41, 5.74) is 0. The lowest BCUT2D eigenvalue weighted by Gasteiger charge is -2.34. The van der Waals surface area contributed by atoms with Crippen molar-refractivity contribution in [3.63, 3.8) is 0 Å². The number of nitrogens with zero attached hydrogens (tertiary/aromatic N) is 1. The van der Waals surface area contributed by atoms with Crippen LogP contribution in [0.3, 0.4) is 0 Å². The van der Waals surface area contributed by atoms with E-state index in [9.17, 15) is 4.79 Å². The van der Waals surface area contributed by atoms with Crippen molar-refractivity contribution in [2.24, 2.45) is 5.92 Å². The predicted octanol–water partition coefficient (Wildman–Crippen LogP) is -0.794. The van der Waals surface area contributed by atoms with Crippen molar-refractivity contribution in [1.29, 1.82) is 0 Å². The van der Waals surface area contributed by atoms with Crippen LogP contribution in [0, 0.1) is 5.92 Å². The van der Waals surface area contributed by atoms with Gasteiger partial charge in [0, 0.05) is 26.2 Å². The highest BCUT2D eigenvalue weighted by atomic mass is 16.5. The number of aliphatic hydroxyl groups excluding tert-OH is 1. The van der Waals surface area contributed by atoms with Crippen LogP contribution in [0.5, 0.6) is 0 Å². The quantitative estimate of drug-likeness (QED) is 0.650. The maximum Gasteiger partial charge on any atom is 0.242 e. The minimum absolute atomic E-state index is 0.149. The van der Waals surface area contributed by atoms with Crippen LogP contribution >= 0.6 is 0 Å². The second-order valence-corrected chi connectivity index (χ2v) is 4.53. The maximum atomic E-state index is 12.1. The largest absolute Gasteiger partial charge is 0.396 e. The summed E-state index contributed by atoms with van der Waals surface area (Å²) in [6.07, 6.45) is 1.83. The Morgan fingerprint density at radius 3 is 2.75 bits per heavy atom. The summed E-state index contributed by atoms with van der Waals surface area (Å²) in [5.74, 6) is 0.524. The Kier molecular flexibility index (Phi) is 4.15. The van der Waals surface area contributed by atoms with Crippen LogP contribution in [-0.4, -0.2) is 61.4 Å². The van der Waals surface area contributed by atoms with Crippen molar-refractivity contribution < 1.29 is 14.6 Å². The number of carbonyl (C=O) groups is 1. The molecule has 2 saturated heterocycles. The first kappa shape index (κ1) is 11.8. The molecule has 1 unspecified atom stereocenters. The monoisotopic (exact) mass is 228 g/mol. The first-order chi connectivity index (χ1) is 7.81. The number of amides is 1. The molecule has 0 bridgehead atoms. The number of rotatable bonds is 2. The third kappa shape index (κ3) is 2.72. The van der Waals surface area contributed by atoms with Crippen molar-refractivity contribution >= 4 is 5.91 Å². The maximum absolute atomic E-state index is 12.1. The van der Waals surface area contributed by atoms with Gasteiger partial charge in [-0.1, -0.05) is 0 Å². The van der Waals surface area contributed by atoms with E-state index in [-0.39, 0.29) is 18.6 Å². The number of hydrogen-bond acceptors (Lipinski definition) is 4. The molecule has 0 aromatic heterocycles. The lowest BCUT2D eigenvalue weighted by molar-refractivity contribution is -0.138. The minimum atomic E-state index is -0.167. The molecular weight excluding hydrogens is 208 g/mol. The molecule has 1 atom stereocenters. The topological polar surface area (TPSA) is 61.8 Å². The van der Waals surface area contributed by atoms with E-state index in [1.54, 1.807) is 0 Å². The van der Waals surface area contributed by atoms with Crippen molar-refractivity contribution in [3.05, 3.63) is 0 Å². The van der Waals surface area contributed by atoms with E-state index in [1.807, 2.05) is 4.90 Å². The molecule has 0 aromatic carbocycles. The highest BCUT2D eigenvalue weighted by Crippen LogP contribution is 2.17. The SMILES string of the molecule is O=C(C1COCCN1)N1CCC(CO)CC1. The molecule has 2 aliphatic heterocycles. The van der Waals surface area contributed by atoms with E-state index in [0.29, 0.717) is 19.1 Å². The van der Waals surface area contributed by atoms with Crippen LogP contribution in [0.15, 0.2) is 0 Å². The fourth-order valence-electron chi connectivity index (χ4n) is 2.28. The summed E-state index contributed by atoms with van der Waals surface area (Å²) in [6.45, 7) is 3.70. The van der Waals surface area contributed by atoms with Crippen LogP contribution in [0.1, 0.15) is 12.8 Å². The van der Waals surface area contributed by atoms with Crippen LogP contribution in [0.2, 0.25) is 0 Å². The molecule has 0 aliphatic carbocycles. The van der Waals surface area contributed by atoms with Crippen molar-refractivity contribution in [2.75, 3.05) is 39.5 Å². The number of morpholine rings is 1. The number of ether oxygens (including phenoxy) is 1. The first-order valence-corrected chi connectivity index (χ1v) is 6.02. The van der Waals surface area contributed by atoms with E-state index in [0.717, 1.165) is 32.5 Å². The molecular formula is C11H20N2O3. The van der Waals surface area contributed by atoms with Crippen molar-refractivity contribution in [2.45, 2.75) is 18.9 Å². The molecule has 16 heavy (non-hydrogen) atoms. The summed E-state index contributed by atoms with van der Waals surface area (Å²) in [4.78, 5) is 14.0. The Balaban J connectivity index is 1.81. The van der Waals surface area contributed by atoms with E-state index in [2.05, 4.69) is 5.32 Å². The smallest absolute Gasteiger partial charge is 0.242 e. The normalized spacial score (nSPS) is 28.1. The Labute approximate surface area is 95.8 Å². The van der Waals surface area contributed by atoms with E-state index in [1.165, 1.54) is 0 Å². The minimum Gasteiger partial charge on any atom is -0.396 e. The van der Waals surface area contributed by atoms with Gasteiger partial charge in [0.15, 0.2) is 0 Å². The van der Waals surface area contributed by atoms with Crippen LogP contribution in [0.4, 0.5) is 0 Å². The molecule has 0 radical (unpaired) electrons. The highest BCUT2D eigenvalue weighted by Gasteiger charge is 2.29. The van der Waals surface area contributed by atoms with Gasteiger partial charge in [0.25, 0.3) is 0 Å². The Morgan fingerprint density at radius 1 is 1.44 bits per heavy atom. The zero-order valence-corrected chi connectivity index (χ0v) is 9.52. The van der Waals surface area contributed by atoms with Gasteiger partial charge in [-0.25, -0.2) is 0 Å². The Hall–Kier alpha value is -0.650. The molecule has 92 valence electrons. The highest BCUT2D eigenvalue weighted by molar-refractivity contribution is 5.82. The van der Waals surface area contributed by atoms with Gasteiger partial charge in [-0.05, 0) is 18.8 Å². The number of likely N-dealkylation sites (tertiary alicyclic amines) is 1. The van der Waals surface area contributed by atoms with Gasteiger partial charge >= 0.3 is 0 Å². The van der Waals surface area contributed by atoms with E-state index < -0.39 is 0 Å². The molecule has 0 aromatic rings. The average molecular weight is 228 g/mol. The van der Waals surface area contributed by atoms with E-state index in [4.69, 9.17) is 9.84 Å². The number of nitrogens with one attached hydrogen (secondary N) is 1. The zero-order valence-electron chi connectivity index (χ0n) is 9.52. The van der Waals surface area contributed by atoms with Gasteiger partial charge in [-0.15, -0.1) is 0 Å². The molecule has 5 nitrogen and oxygen atoms in total. The van der Waals surface area contributed by atoms with Crippen molar-refractivity contribution in [1.82, 2.24) is 10.2 Å². The summed E-state index contributed by atoms with van der Waals surface area (Å²) in [6, 6.07) is -0.167. The summed E-state index contributed by atoms with van der Waals surface area (Å²) in [7, 11) is 0. The predicted molar refractivity (Wildman–Crippen MR) is 59.0 cm³/mol. The van der Waals surface area contributed by atoms with Crippen molar-refractivity contribution in [3.8, 4) is 0 Å². The fraction of sp³-hybridized carbons (Fsp3) is 0.909. The Morgan fingerprint density at radius 2 is 2.19 bits per heavy atom. The van der Waals surface area contributed by atoms with Gasteiger partial charge < -0.3 is 20.1 Å². The molecule has 2 fully saturated rings. The lowest BCUT2D eigenvalue weighted by atomic mass is 9.97. The summed E-state index contributed by atoms with van der Waals surface area (Å²) >= 11 is 0. The molecule has 2 N–H and O–H groups in total. The summed E-state index contributed by atoms with van der Waals surface area (Å²) < 4.78 is 5.29. The summed E-state index contributed by atoms with van der Waals surface area (Å²) in [5, 5.41) is 12.2. The van der Waals surface area contributed by atoms with Gasteiger partial charge in [0.05, 0.1) is 13.2 Å².